The van der Waals surface area contributed by atoms with Crippen molar-refractivity contribution in [1.29, 1.82) is 0 Å². The summed E-state index contributed by atoms with van der Waals surface area (Å²) in [5.74, 6) is -0.495. The third-order valence-corrected chi connectivity index (χ3v) is 5.48. The van der Waals surface area contributed by atoms with Gasteiger partial charge in [-0.25, -0.2) is 4.68 Å². The molecular formula is C20H18N4O2S. The quantitative estimate of drug-likeness (QED) is 0.554. The van der Waals surface area contributed by atoms with Crippen LogP contribution in [0.4, 0.5) is 0 Å². The van der Waals surface area contributed by atoms with Gasteiger partial charge in [0.1, 0.15) is 5.52 Å². The summed E-state index contributed by atoms with van der Waals surface area (Å²) in [6, 6.07) is 13.1. The molecule has 2 aromatic heterocycles. The van der Waals surface area contributed by atoms with Crippen LogP contribution >= 0.6 is 11.8 Å². The second-order valence-electron chi connectivity index (χ2n) is 6.38. The van der Waals surface area contributed by atoms with Crippen molar-refractivity contribution in [3.63, 3.8) is 0 Å². The molecule has 4 aromatic rings. The van der Waals surface area contributed by atoms with Gasteiger partial charge < -0.3 is 10.3 Å². The van der Waals surface area contributed by atoms with Gasteiger partial charge in [0.2, 0.25) is 5.91 Å². The summed E-state index contributed by atoms with van der Waals surface area (Å²) in [4.78, 5) is 25.6. The molecule has 0 spiro atoms. The summed E-state index contributed by atoms with van der Waals surface area (Å²) in [5, 5.41) is 6.23. The fourth-order valence-electron chi connectivity index (χ4n) is 3.38. The zero-order chi connectivity index (χ0) is 19.1. The Balaban J connectivity index is 1.86. The molecule has 7 heteroatoms. The van der Waals surface area contributed by atoms with E-state index in [1.165, 1.54) is 4.68 Å². The van der Waals surface area contributed by atoms with Crippen LogP contribution in [-0.2, 0) is 13.6 Å². The summed E-state index contributed by atoms with van der Waals surface area (Å²) in [7, 11) is 1.89. The van der Waals surface area contributed by atoms with E-state index in [0.717, 1.165) is 26.7 Å². The minimum Gasteiger partial charge on any atom is -0.366 e. The standard InChI is InChI=1S/C20H18N4O2S/c1-23-17-7-6-14(27-2)9-15(17)16-10-22-24(20(26)18(16)23)11-12-4-3-5-13(8-12)19(21)25/h3-10H,11H2,1-2H3,(H2,21,25). The molecule has 0 saturated heterocycles. The minimum atomic E-state index is -0.495. The van der Waals surface area contributed by atoms with Crippen molar-refractivity contribution in [1.82, 2.24) is 14.3 Å². The number of carbonyl (C=O) groups is 1. The molecule has 136 valence electrons. The van der Waals surface area contributed by atoms with E-state index in [4.69, 9.17) is 5.73 Å². The van der Waals surface area contributed by atoms with E-state index >= 15 is 0 Å². The molecule has 2 aromatic carbocycles. The Morgan fingerprint density at radius 2 is 2.00 bits per heavy atom. The first kappa shape index (κ1) is 17.4. The van der Waals surface area contributed by atoms with Crippen molar-refractivity contribution in [2.24, 2.45) is 12.8 Å². The Kier molecular flexibility index (Phi) is 4.24. The SMILES string of the molecule is CSc1ccc2c(c1)c1cnn(Cc3cccc(C(N)=O)c3)c(=O)c1n2C. The highest BCUT2D eigenvalue weighted by molar-refractivity contribution is 7.98. The maximum atomic E-state index is 13.1. The molecule has 1 amide bonds. The number of primary amides is 1. The number of benzene rings is 2. The van der Waals surface area contributed by atoms with Crippen LogP contribution in [0.25, 0.3) is 21.8 Å². The Morgan fingerprint density at radius 1 is 1.19 bits per heavy atom. The number of rotatable bonds is 4. The maximum absolute atomic E-state index is 13.1. The average Bonchev–Trinajstić information content (AvgIpc) is 2.96. The highest BCUT2D eigenvalue weighted by Gasteiger charge is 2.14. The van der Waals surface area contributed by atoms with E-state index in [9.17, 15) is 9.59 Å². The molecule has 0 aliphatic heterocycles. The Labute approximate surface area is 159 Å². The number of nitrogens with zero attached hydrogens (tertiary/aromatic N) is 3. The van der Waals surface area contributed by atoms with Crippen LogP contribution in [0.3, 0.4) is 0 Å². The number of carbonyl (C=O) groups excluding carboxylic acids is 1. The molecule has 6 nitrogen and oxygen atoms in total. The molecule has 0 fully saturated rings. The zero-order valence-corrected chi connectivity index (χ0v) is 15.8. The highest BCUT2D eigenvalue weighted by atomic mass is 32.2. The van der Waals surface area contributed by atoms with Gasteiger partial charge in [-0.3, -0.25) is 9.59 Å². The van der Waals surface area contributed by atoms with Gasteiger partial charge in [-0.15, -0.1) is 11.8 Å². The van der Waals surface area contributed by atoms with Crippen LogP contribution in [0, 0.1) is 0 Å². The largest absolute Gasteiger partial charge is 0.366 e. The lowest BCUT2D eigenvalue weighted by Crippen LogP contribution is -2.24. The average molecular weight is 378 g/mol. The van der Waals surface area contributed by atoms with E-state index in [-0.39, 0.29) is 12.1 Å². The number of thioether (sulfide) groups is 1. The second kappa shape index (κ2) is 6.59. The van der Waals surface area contributed by atoms with Gasteiger partial charge in [0.05, 0.1) is 12.7 Å². The smallest absolute Gasteiger partial charge is 0.291 e. The third kappa shape index (κ3) is 2.90. The lowest BCUT2D eigenvalue weighted by molar-refractivity contribution is 0.1000. The Bertz CT molecular complexity index is 1260. The number of aryl methyl sites for hydroxylation is 1. The molecule has 0 unspecified atom stereocenters. The number of hydrogen-bond donors (Lipinski definition) is 1. The lowest BCUT2D eigenvalue weighted by atomic mass is 10.1. The Hall–Kier alpha value is -3.06. The second-order valence-corrected chi connectivity index (χ2v) is 7.26. The maximum Gasteiger partial charge on any atom is 0.291 e. The molecule has 0 bridgehead atoms. The summed E-state index contributed by atoms with van der Waals surface area (Å²) in [6.07, 6.45) is 3.76. The van der Waals surface area contributed by atoms with Crippen LogP contribution in [-0.4, -0.2) is 26.5 Å². The van der Waals surface area contributed by atoms with Gasteiger partial charge in [-0.2, -0.15) is 5.10 Å². The predicted molar refractivity (Wildman–Crippen MR) is 108 cm³/mol. The van der Waals surface area contributed by atoms with E-state index in [2.05, 4.69) is 11.2 Å². The fourth-order valence-corrected chi connectivity index (χ4v) is 3.82. The van der Waals surface area contributed by atoms with Crippen LogP contribution in [0.15, 0.2) is 58.4 Å². The predicted octanol–water partition coefficient (Wildman–Crippen LogP) is 2.76. The third-order valence-electron chi connectivity index (χ3n) is 4.75. The molecule has 0 radical (unpaired) electrons. The fraction of sp³-hybridized carbons (Fsp3) is 0.150. The minimum absolute atomic E-state index is 0.165. The molecule has 0 aliphatic carbocycles. The molecule has 0 saturated carbocycles. The normalized spacial score (nSPS) is 11.3. The molecule has 4 rings (SSSR count). The molecular weight excluding hydrogens is 360 g/mol. The van der Waals surface area contributed by atoms with Crippen LogP contribution in [0.5, 0.6) is 0 Å². The van der Waals surface area contributed by atoms with Crippen molar-refractivity contribution in [3.05, 3.63) is 70.1 Å². The van der Waals surface area contributed by atoms with E-state index in [0.29, 0.717) is 11.1 Å². The van der Waals surface area contributed by atoms with Crippen LogP contribution in [0.2, 0.25) is 0 Å². The number of aromatic nitrogens is 3. The van der Waals surface area contributed by atoms with Gasteiger partial charge in [0, 0.05) is 33.8 Å². The van der Waals surface area contributed by atoms with Crippen LogP contribution < -0.4 is 11.3 Å². The van der Waals surface area contributed by atoms with Gasteiger partial charge >= 0.3 is 0 Å². The summed E-state index contributed by atoms with van der Waals surface area (Å²) in [5.41, 5.74) is 7.99. The zero-order valence-electron chi connectivity index (χ0n) is 15.0. The molecule has 0 atom stereocenters. The first-order chi connectivity index (χ1) is 13.0. The van der Waals surface area contributed by atoms with Crippen molar-refractivity contribution in [2.75, 3.05) is 6.26 Å². The highest BCUT2D eigenvalue weighted by Crippen LogP contribution is 2.29. The van der Waals surface area contributed by atoms with Crippen molar-refractivity contribution < 1.29 is 4.79 Å². The van der Waals surface area contributed by atoms with Crippen molar-refractivity contribution in [2.45, 2.75) is 11.4 Å². The number of nitrogens with two attached hydrogens (primary N) is 1. The number of amides is 1. The van der Waals surface area contributed by atoms with Gasteiger partial charge in [0.15, 0.2) is 0 Å². The summed E-state index contributed by atoms with van der Waals surface area (Å²) in [6.45, 7) is 0.271. The van der Waals surface area contributed by atoms with Crippen molar-refractivity contribution >= 4 is 39.5 Å². The molecule has 2 heterocycles. The number of fused-ring (bicyclic) bond motifs is 3. The van der Waals surface area contributed by atoms with E-state index in [1.807, 2.05) is 36.1 Å². The first-order valence-corrected chi connectivity index (χ1v) is 9.63. The van der Waals surface area contributed by atoms with Gasteiger partial charge in [0.25, 0.3) is 5.56 Å². The van der Waals surface area contributed by atoms with E-state index in [1.54, 1.807) is 36.2 Å². The lowest BCUT2D eigenvalue weighted by Gasteiger charge is -2.06. The number of hydrogen-bond acceptors (Lipinski definition) is 4. The van der Waals surface area contributed by atoms with Gasteiger partial charge in [-0.05, 0) is 42.2 Å². The summed E-state index contributed by atoms with van der Waals surface area (Å²) >= 11 is 1.66. The first-order valence-electron chi connectivity index (χ1n) is 8.40. The van der Waals surface area contributed by atoms with Gasteiger partial charge in [-0.1, -0.05) is 12.1 Å². The molecule has 0 aliphatic rings. The Morgan fingerprint density at radius 3 is 2.74 bits per heavy atom. The van der Waals surface area contributed by atoms with Crippen LogP contribution in [0.1, 0.15) is 15.9 Å². The van der Waals surface area contributed by atoms with Crippen molar-refractivity contribution in [3.8, 4) is 0 Å². The molecule has 27 heavy (non-hydrogen) atoms. The monoisotopic (exact) mass is 378 g/mol. The topological polar surface area (TPSA) is 82.9 Å². The summed E-state index contributed by atoms with van der Waals surface area (Å²) < 4.78 is 3.33. The van der Waals surface area contributed by atoms with E-state index < -0.39 is 5.91 Å². The molecule has 2 N–H and O–H groups in total.